The molecule has 1 N–H and O–H groups in total. The van der Waals surface area contributed by atoms with E-state index in [1.165, 1.54) is 7.11 Å². The van der Waals surface area contributed by atoms with Crippen molar-refractivity contribution >= 4 is 6.29 Å². The first-order valence-corrected chi connectivity index (χ1v) is 5.73. The highest BCUT2D eigenvalue weighted by Gasteiger charge is 2.09. The Bertz CT molecular complexity index is 378. The van der Waals surface area contributed by atoms with Crippen molar-refractivity contribution in [2.24, 2.45) is 0 Å². The molecule has 0 aliphatic heterocycles. The number of hydrogen-bond acceptors (Lipinski definition) is 5. The molecule has 5 nitrogen and oxygen atoms in total. The quantitative estimate of drug-likeness (QED) is 0.708. The highest BCUT2D eigenvalue weighted by Crippen LogP contribution is 2.23. The Morgan fingerprint density at radius 3 is 2.78 bits per heavy atom. The number of hydrogen-bond donors (Lipinski definition) is 1. The maximum atomic E-state index is 10.8. The van der Waals surface area contributed by atoms with Gasteiger partial charge >= 0.3 is 0 Å². The van der Waals surface area contributed by atoms with Crippen LogP contribution in [-0.2, 0) is 4.74 Å². The SMILES string of the molecule is CCOCC(O)COc1cc(OC)ccc1C=O. The van der Waals surface area contributed by atoms with Gasteiger partial charge in [-0.1, -0.05) is 0 Å². The summed E-state index contributed by atoms with van der Waals surface area (Å²) in [5.74, 6) is 0.981. The van der Waals surface area contributed by atoms with Gasteiger partial charge in [-0.15, -0.1) is 0 Å². The van der Waals surface area contributed by atoms with Gasteiger partial charge in [0.25, 0.3) is 0 Å². The van der Waals surface area contributed by atoms with Crippen molar-refractivity contribution in [2.45, 2.75) is 13.0 Å². The van der Waals surface area contributed by atoms with Gasteiger partial charge in [-0.2, -0.15) is 0 Å². The van der Waals surface area contributed by atoms with Gasteiger partial charge in [0.2, 0.25) is 0 Å². The molecule has 0 fully saturated rings. The predicted molar refractivity (Wildman–Crippen MR) is 66.4 cm³/mol. The van der Waals surface area contributed by atoms with Crippen molar-refractivity contribution in [3.8, 4) is 11.5 Å². The standard InChI is InChI=1S/C13H18O5/c1-3-17-8-11(15)9-18-13-6-12(16-2)5-4-10(13)7-14/h4-7,11,15H,3,8-9H2,1-2H3. The second-order valence-corrected chi connectivity index (χ2v) is 3.65. The molecule has 0 radical (unpaired) electrons. The molecule has 0 heterocycles. The van der Waals surface area contributed by atoms with Crippen LogP contribution in [-0.4, -0.2) is 44.4 Å². The Morgan fingerprint density at radius 2 is 2.17 bits per heavy atom. The molecule has 1 atom stereocenters. The van der Waals surface area contributed by atoms with Crippen LogP contribution in [0, 0.1) is 0 Å². The molecule has 5 heteroatoms. The van der Waals surface area contributed by atoms with E-state index in [4.69, 9.17) is 14.2 Å². The molecule has 1 unspecified atom stereocenters. The van der Waals surface area contributed by atoms with Gasteiger partial charge in [0.05, 0.1) is 19.3 Å². The topological polar surface area (TPSA) is 65.0 Å². The zero-order chi connectivity index (χ0) is 13.4. The first-order chi connectivity index (χ1) is 8.71. The van der Waals surface area contributed by atoms with Crippen molar-refractivity contribution in [3.63, 3.8) is 0 Å². The fourth-order valence-corrected chi connectivity index (χ4v) is 1.35. The number of aliphatic hydroxyl groups excluding tert-OH is 1. The summed E-state index contributed by atoms with van der Waals surface area (Å²) >= 11 is 0. The van der Waals surface area contributed by atoms with Gasteiger partial charge in [0.15, 0.2) is 6.29 Å². The molecule has 0 aromatic heterocycles. The number of rotatable bonds is 8. The van der Waals surface area contributed by atoms with Crippen molar-refractivity contribution < 1.29 is 24.1 Å². The van der Waals surface area contributed by atoms with Crippen LogP contribution in [0.15, 0.2) is 18.2 Å². The predicted octanol–water partition coefficient (Wildman–Crippen LogP) is 1.28. The molecular weight excluding hydrogens is 236 g/mol. The minimum atomic E-state index is -0.726. The lowest BCUT2D eigenvalue weighted by Crippen LogP contribution is -2.23. The summed E-state index contributed by atoms with van der Waals surface area (Å²) in [7, 11) is 1.53. The molecule has 100 valence electrons. The Morgan fingerprint density at radius 1 is 1.39 bits per heavy atom. The average Bonchev–Trinajstić information content (AvgIpc) is 2.42. The van der Waals surface area contributed by atoms with Crippen LogP contribution < -0.4 is 9.47 Å². The maximum absolute atomic E-state index is 10.8. The van der Waals surface area contributed by atoms with E-state index in [2.05, 4.69) is 0 Å². The summed E-state index contributed by atoms with van der Waals surface area (Å²) in [4.78, 5) is 10.8. The van der Waals surface area contributed by atoms with Gasteiger partial charge in [0, 0.05) is 12.7 Å². The first kappa shape index (κ1) is 14.5. The third kappa shape index (κ3) is 4.35. The van der Waals surface area contributed by atoms with E-state index in [0.717, 1.165) is 0 Å². The lowest BCUT2D eigenvalue weighted by Gasteiger charge is -2.14. The van der Waals surface area contributed by atoms with Crippen LogP contribution in [0.1, 0.15) is 17.3 Å². The number of carbonyl (C=O) groups excluding carboxylic acids is 1. The fourth-order valence-electron chi connectivity index (χ4n) is 1.35. The van der Waals surface area contributed by atoms with Crippen LogP contribution in [0.3, 0.4) is 0 Å². The van der Waals surface area contributed by atoms with E-state index in [9.17, 15) is 9.90 Å². The molecule has 0 spiro atoms. The smallest absolute Gasteiger partial charge is 0.153 e. The molecule has 0 saturated carbocycles. The maximum Gasteiger partial charge on any atom is 0.153 e. The zero-order valence-corrected chi connectivity index (χ0v) is 10.6. The Balaban J connectivity index is 2.61. The monoisotopic (exact) mass is 254 g/mol. The second-order valence-electron chi connectivity index (χ2n) is 3.65. The van der Waals surface area contributed by atoms with Gasteiger partial charge in [-0.3, -0.25) is 4.79 Å². The molecule has 18 heavy (non-hydrogen) atoms. The average molecular weight is 254 g/mol. The number of ether oxygens (including phenoxy) is 3. The first-order valence-electron chi connectivity index (χ1n) is 5.73. The molecule has 0 aliphatic carbocycles. The Labute approximate surface area is 106 Å². The van der Waals surface area contributed by atoms with Crippen molar-refractivity contribution in [2.75, 3.05) is 26.9 Å². The van der Waals surface area contributed by atoms with Crippen LogP contribution in [0.4, 0.5) is 0 Å². The van der Waals surface area contributed by atoms with E-state index < -0.39 is 6.10 Å². The van der Waals surface area contributed by atoms with Crippen LogP contribution in [0.5, 0.6) is 11.5 Å². The highest BCUT2D eigenvalue weighted by molar-refractivity contribution is 5.79. The third-order valence-corrected chi connectivity index (χ3v) is 2.29. The lowest BCUT2D eigenvalue weighted by molar-refractivity contribution is 0.0163. The Hall–Kier alpha value is -1.59. The van der Waals surface area contributed by atoms with Gasteiger partial charge < -0.3 is 19.3 Å². The number of methoxy groups -OCH3 is 1. The molecular formula is C13H18O5. The fraction of sp³-hybridized carbons (Fsp3) is 0.462. The van der Waals surface area contributed by atoms with Crippen LogP contribution in [0.2, 0.25) is 0 Å². The molecule has 1 rings (SSSR count). The Kier molecular flexibility index (Phi) is 6.18. The zero-order valence-electron chi connectivity index (χ0n) is 10.6. The van der Waals surface area contributed by atoms with E-state index in [-0.39, 0.29) is 13.2 Å². The number of aliphatic hydroxyl groups is 1. The lowest BCUT2D eigenvalue weighted by atomic mass is 10.2. The summed E-state index contributed by atoms with van der Waals surface area (Å²) in [6.07, 6.45) is -0.0281. The summed E-state index contributed by atoms with van der Waals surface area (Å²) in [6, 6.07) is 4.89. The molecule has 0 bridgehead atoms. The van der Waals surface area contributed by atoms with Crippen molar-refractivity contribution in [3.05, 3.63) is 23.8 Å². The summed E-state index contributed by atoms with van der Waals surface area (Å²) in [6.45, 7) is 2.65. The van der Waals surface area contributed by atoms with E-state index in [0.29, 0.717) is 30.0 Å². The van der Waals surface area contributed by atoms with Gasteiger partial charge in [-0.25, -0.2) is 0 Å². The largest absolute Gasteiger partial charge is 0.497 e. The molecule has 1 aromatic rings. The minimum absolute atomic E-state index is 0.0635. The minimum Gasteiger partial charge on any atom is -0.497 e. The number of benzene rings is 1. The summed E-state index contributed by atoms with van der Waals surface area (Å²) < 4.78 is 15.5. The second kappa shape index (κ2) is 7.68. The molecule has 0 aliphatic rings. The van der Waals surface area contributed by atoms with Crippen molar-refractivity contribution in [1.29, 1.82) is 0 Å². The molecule has 0 saturated heterocycles. The van der Waals surface area contributed by atoms with E-state index in [1.807, 2.05) is 6.92 Å². The van der Waals surface area contributed by atoms with E-state index in [1.54, 1.807) is 18.2 Å². The summed E-state index contributed by atoms with van der Waals surface area (Å²) in [5.41, 5.74) is 0.416. The highest BCUT2D eigenvalue weighted by atomic mass is 16.5. The summed E-state index contributed by atoms with van der Waals surface area (Å²) in [5, 5.41) is 9.56. The van der Waals surface area contributed by atoms with Crippen molar-refractivity contribution in [1.82, 2.24) is 0 Å². The molecule has 0 amide bonds. The third-order valence-electron chi connectivity index (χ3n) is 2.29. The molecule has 1 aromatic carbocycles. The number of carbonyl (C=O) groups is 1. The normalized spacial score (nSPS) is 11.9. The van der Waals surface area contributed by atoms with Crippen LogP contribution in [0.25, 0.3) is 0 Å². The van der Waals surface area contributed by atoms with Crippen LogP contribution >= 0.6 is 0 Å². The van der Waals surface area contributed by atoms with E-state index >= 15 is 0 Å². The number of aldehydes is 1. The van der Waals surface area contributed by atoms with Gasteiger partial charge in [0.1, 0.15) is 24.2 Å². The van der Waals surface area contributed by atoms with Gasteiger partial charge in [-0.05, 0) is 19.1 Å².